The smallest absolute Gasteiger partial charge is 0.315 e. The predicted octanol–water partition coefficient (Wildman–Crippen LogP) is 3.36. The first-order valence-electron chi connectivity index (χ1n) is 9.97. The topological polar surface area (TPSA) is 66.4 Å². The minimum atomic E-state index is -0.234. The minimum Gasteiger partial charge on any atom is -0.343 e. The van der Waals surface area contributed by atoms with Crippen molar-refractivity contribution in [1.82, 2.24) is 15.2 Å². The number of carbonyl (C=O) groups excluding carboxylic acids is 2. The highest BCUT2D eigenvalue weighted by Gasteiger charge is 2.31. The SMILES string of the molecule is Cc1ccc(N2CC(NC(=O)NCCn3c(C)cc4ccccc43)CC2=O)cc1. The van der Waals surface area contributed by atoms with Gasteiger partial charge in [0, 0.05) is 43.0 Å². The van der Waals surface area contributed by atoms with E-state index in [9.17, 15) is 9.59 Å². The van der Waals surface area contributed by atoms with Crippen molar-refractivity contribution in [2.24, 2.45) is 0 Å². The maximum atomic E-state index is 12.3. The zero-order valence-corrected chi connectivity index (χ0v) is 16.8. The van der Waals surface area contributed by atoms with Crippen molar-refractivity contribution in [3.05, 3.63) is 65.9 Å². The molecule has 3 aromatic rings. The molecule has 2 N–H and O–H groups in total. The van der Waals surface area contributed by atoms with Crippen molar-refractivity contribution in [3.63, 3.8) is 0 Å². The number of aromatic nitrogens is 1. The fourth-order valence-electron chi connectivity index (χ4n) is 3.94. The second kappa shape index (κ2) is 7.99. The van der Waals surface area contributed by atoms with Crippen LogP contribution in [0.1, 0.15) is 17.7 Å². The summed E-state index contributed by atoms with van der Waals surface area (Å²) in [5.41, 5.74) is 4.37. The first-order chi connectivity index (χ1) is 14.0. The van der Waals surface area contributed by atoms with Crippen molar-refractivity contribution in [3.8, 4) is 0 Å². The molecule has 0 saturated carbocycles. The molecule has 2 heterocycles. The molecule has 2 aromatic carbocycles. The van der Waals surface area contributed by atoms with E-state index in [0.29, 0.717) is 26.1 Å². The fraction of sp³-hybridized carbons (Fsp3) is 0.304. The normalized spacial score (nSPS) is 16.4. The van der Waals surface area contributed by atoms with E-state index >= 15 is 0 Å². The molecule has 1 atom stereocenters. The van der Waals surface area contributed by atoms with Gasteiger partial charge in [0.25, 0.3) is 0 Å². The Kier molecular flexibility index (Phi) is 5.25. The van der Waals surface area contributed by atoms with Gasteiger partial charge in [-0.05, 0) is 43.5 Å². The Morgan fingerprint density at radius 2 is 1.86 bits per heavy atom. The van der Waals surface area contributed by atoms with E-state index in [-0.39, 0.29) is 18.0 Å². The van der Waals surface area contributed by atoms with Gasteiger partial charge in [-0.3, -0.25) is 4.79 Å². The van der Waals surface area contributed by atoms with Crippen LogP contribution in [0.4, 0.5) is 10.5 Å². The zero-order chi connectivity index (χ0) is 20.4. The second-order valence-electron chi connectivity index (χ2n) is 7.64. The van der Waals surface area contributed by atoms with Crippen molar-refractivity contribution < 1.29 is 9.59 Å². The Balaban J connectivity index is 1.29. The molecule has 0 bridgehead atoms. The van der Waals surface area contributed by atoms with Gasteiger partial charge >= 0.3 is 6.03 Å². The van der Waals surface area contributed by atoms with Crippen molar-refractivity contribution in [1.29, 1.82) is 0 Å². The maximum absolute atomic E-state index is 12.3. The van der Waals surface area contributed by atoms with E-state index in [4.69, 9.17) is 0 Å². The van der Waals surface area contributed by atoms with Crippen molar-refractivity contribution in [2.45, 2.75) is 32.9 Å². The summed E-state index contributed by atoms with van der Waals surface area (Å²) in [4.78, 5) is 26.4. The second-order valence-corrected chi connectivity index (χ2v) is 7.64. The number of aryl methyl sites for hydroxylation is 2. The third kappa shape index (κ3) is 4.11. The number of hydrogen-bond donors (Lipinski definition) is 2. The van der Waals surface area contributed by atoms with Crippen LogP contribution in [0, 0.1) is 13.8 Å². The van der Waals surface area contributed by atoms with Crippen LogP contribution in [0.25, 0.3) is 10.9 Å². The van der Waals surface area contributed by atoms with E-state index in [0.717, 1.165) is 11.3 Å². The Morgan fingerprint density at radius 1 is 1.10 bits per heavy atom. The minimum absolute atomic E-state index is 0.0357. The maximum Gasteiger partial charge on any atom is 0.315 e. The largest absolute Gasteiger partial charge is 0.343 e. The standard InChI is InChI=1S/C23H26N4O2/c1-16-7-9-20(10-8-16)27-15-19(14-22(27)28)25-23(29)24-11-12-26-17(2)13-18-5-3-4-6-21(18)26/h3-10,13,19H,11-12,14-15H2,1-2H3,(H2,24,25,29). The van der Waals surface area contributed by atoms with Gasteiger partial charge in [-0.25, -0.2) is 4.79 Å². The average Bonchev–Trinajstić information content (AvgIpc) is 3.21. The van der Waals surface area contributed by atoms with Gasteiger partial charge in [-0.2, -0.15) is 0 Å². The van der Waals surface area contributed by atoms with Crippen LogP contribution in [0.15, 0.2) is 54.6 Å². The van der Waals surface area contributed by atoms with E-state index in [1.165, 1.54) is 16.6 Å². The summed E-state index contributed by atoms with van der Waals surface area (Å²) in [5, 5.41) is 7.05. The molecular formula is C23H26N4O2. The number of amides is 3. The van der Waals surface area contributed by atoms with Gasteiger partial charge in [0.05, 0.1) is 6.04 Å². The highest BCUT2D eigenvalue weighted by atomic mass is 16.2. The number of para-hydroxylation sites is 1. The lowest BCUT2D eigenvalue weighted by molar-refractivity contribution is -0.117. The number of fused-ring (bicyclic) bond motifs is 1. The monoisotopic (exact) mass is 390 g/mol. The molecule has 150 valence electrons. The molecule has 29 heavy (non-hydrogen) atoms. The molecule has 6 nitrogen and oxygen atoms in total. The molecule has 1 aromatic heterocycles. The fourth-order valence-corrected chi connectivity index (χ4v) is 3.94. The number of nitrogens with zero attached hydrogens (tertiary/aromatic N) is 2. The molecule has 0 aliphatic carbocycles. The molecule has 6 heteroatoms. The lowest BCUT2D eigenvalue weighted by Gasteiger charge is -2.18. The molecule has 4 rings (SSSR count). The average molecular weight is 390 g/mol. The summed E-state index contributed by atoms with van der Waals surface area (Å²) in [6.07, 6.45) is 0.322. The first kappa shape index (κ1) is 19.1. The van der Waals surface area contributed by atoms with E-state index in [1.807, 2.05) is 43.3 Å². The number of hydrogen-bond acceptors (Lipinski definition) is 2. The van der Waals surface area contributed by atoms with Crippen molar-refractivity contribution >= 4 is 28.5 Å². The van der Waals surface area contributed by atoms with Crippen molar-refractivity contribution in [2.75, 3.05) is 18.0 Å². The molecular weight excluding hydrogens is 364 g/mol. The molecule has 3 amide bonds. The van der Waals surface area contributed by atoms with Gasteiger partial charge < -0.3 is 20.1 Å². The Hall–Kier alpha value is -3.28. The highest BCUT2D eigenvalue weighted by Crippen LogP contribution is 2.22. The van der Waals surface area contributed by atoms with Crippen LogP contribution in [-0.4, -0.2) is 35.6 Å². The quantitative estimate of drug-likeness (QED) is 0.702. The van der Waals surface area contributed by atoms with Gasteiger partial charge in [-0.15, -0.1) is 0 Å². The lowest BCUT2D eigenvalue weighted by atomic mass is 10.2. The zero-order valence-electron chi connectivity index (χ0n) is 16.8. The molecule has 1 unspecified atom stereocenters. The number of benzene rings is 2. The van der Waals surface area contributed by atoms with Gasteiger partial charge in [0.2, 0.25) is 5.91 Å². The summed E-state index contributed by atoms with van der Waals surface area (Å²) in [7, 11) is 0. The summed E-state index contributed by atoms with van der Waals surface area (Å²) < 4.78 is 2.20. The predicted molar refractivity (Wildman–Crippen MR) is 115 cm³/mol. The number of urea groups is 1. The molecule has 1 aliphatic rings. The number of rotatable bonds is 5. The summed E-state index contributed by atoms with van der Waals surface area (Å²) in [6, 6.07) is 17.8. The third-order valence-corrected chi connectivity index (χ3v) is 5.44. The summed E-state index contributed by atoms with van der Waals surface area (Å²) >= 11 is 0. The Bertz CT molecular complexity index is 1040. The van der Waals surface area contributed by atoms with Crippen LogP contribution < -0.4 is 15.5 Å². The Labute approximate surface area is 170 Å². The van der Waals surface area contributed by atoms with Gasteiger partial charge in [-0.1, -0.05) is 35.9 Å². The summed E-state index contributed by atoms with van der Waals surface area (Å²) in [5.74, 6) is 0.0357. The molecule has 1 fully saturated rings. The molecule has 1 saturated heterocycles. The number of carbonyl (C=O) groups is 2. The Morgan fingerprint density at radius 3 is 2.66 bits per heavy atom. The number of anilines is 1. The van der Waals surface area contributed by atoms with Crippen LogP contribution >= 0.6 is 0 Å². The van der Waals surface area contributed by atoms with Crippen LogP contribution in [-0.2, 0) is 11.3 Å². The number of nitrogens with one attached hydrogen (secondary N) is 2. The summed E-state index contributed by atoms with van der Waals surface area (Å²) in [6.45, 7) is 5.81. The van der Waals surface area contributed by atoms with E-state index < -0.39 is 0 Å². The van der Waals surface area contributed by atoms with Crippen LogP contribution in [0.3, 0.4) is 0 Å². The van der Waals surface area contributed by atoms with Gasteiger partial charge in [0.15, 0.2) is 0 Å². The third-order valence-electron chi connectivity index (χ3n) is 5.44. The molecule has 1 aliphatic heterocycles. The van der Waals surface area contributed by atoms with Crippen LogP contribution in [0.2, 0.25) is 0 Å². The molecule has 0 spiro atoms. The van der Waals surface area contributed by atoms with Crippen LogP contribution in [0.5, 0.6) is 0 Å². The van der Waals surface area contributed by atoms with Gasteiger partial charge in [0.1, 0.15) is 0 Å². The highest BCUT2D eigenvalue weighted by molar-refractivity contribution is 5.96. The molecule has 0 radical (unpaired) electrons. The first-order valence-corrected chi connectivity index (χ1v) is 9.97. The lowest BCUT2D eigenvalue weighted by Crippen LogP contribution is -2.44. The van der Waals surface area contributed by atoms with E-state index in [1.54, 1.807) is 4.90 Å². The van der Waals surface area contributed by atoms with E-state index in [2.05, 4.69) is 40.3 Å².